The molecule has 0 saturated heterocycles. The zero-order valence-corrected chi connectivity index (χ0v) is 8.91. The average molecular weight is 198 g/mol. The van der Waals surface area contributed by atoms with Crippen molar-refractivity contribution in [3.8, 4) is 0 Å². The van der Waals surface area contributed by atoms with E-state index in [0.29, 0.717) is 5.92 Å². The predicted octanol–water partition coefficient (Wildman–Crippen LogP) is 2.09. The van der Waals surface area contributed by atoms with Crippen LogP contribution in [-0.4, -0.2) is 17.9 Å². The molecule has 1 aliphatic carbocycles. The number of esters is 1. The van der Waals surface area contributed by atoms with E-state index in [1.165, 1.54) is 13.3 Å². The maximum absolute atomic E-state index is 11.2. The number of ether oxygens (including phenoxy) is 1. The molecule has 0 amide bonds. The van der Waals surface area contributed by atoms with Gasteiger partial charge in [-0.05, 0) is 32.1 Å². The molecule has 0 aromatic heterocycles. The number of carbonyl (C=O) groups excluding carboxylic acids is 2. The third-order valence-electron chi connectivity index (χ3n) is 2.71. The molecule has 1 rings (SSSR count). The van der Waals surface area contributed by atoms with Crippen LogP contribution in [0.3, 0.4) is 0 Å². The Morgan fingerprint density at radius 1 is 1.29 bits per heavy atom. The summed E-state index contributed by atoms with van der Waals surface area (Å²) in [5.41, 5.74) is 0. The molecule has 0 aromatic rings. The first-order valence-corrected chi connectivity index (χ1v) is 5.28. The van der Waals surface area contributed by atoms with Gasteiger partial charge in [0.25, 0.3) is 0 Å². The van der Waals surface area contributed by atoms with Crippen LogP contribution < -0.4 is 0 Å². The highest BCUT2D eigenvalue weighted by Crippen LogP contribution is 2.26. The molecule has 0 radical (unpaired) electrons. The van der Waals surface area contributed by atoms with Crippen molar-refractivity contribution in [2.24, 2.45) is 5.92 Å². The molecule has 0 aliphatic heterocycles. The summed E-state index contributed by atoms with van der Waals surface area (Å²) in [6, 6.07) is 0. The first-order valence-electron chi connectivity index (χ1n) is 5.28. The van der Waals surface area contributed by atoms with E-state index in [4.69, 9.17) is 4.74 Å². The number of carbonyl (C=O) groups is 2. The number of hydrogen-bond donors (Lipinski definition) is 0. The van der Waals surface area contributed by atoms with Crippen LogP contribution in [0.4, 0.5) is 0 Å². The Morgan fingerprint density at radius 3 is 2.50 bits per heavy atom. The van der Waals surface area contributed by atoms with Crippen molar-refractivity contribution in [1.82, 2.24) is 0 Å². The minimum Gasteiger partial charge on any atom is -0.462 e. The van der Waals surface area contributed by atoms with E-state index in [9.17, 15) is 9.59 Å². The zero-order valence-electron chi connectivity index (χ0n) is 8.91. The predicted molar refractivity (Wildman–Crippen MR) is 52.8 cm³/mol. The van der Waals surface area contributed by atoms with Crippen LogP contribution in [-0.2, 0) is 14.3 Å². The quantitative estimate of drug-likeness (QED) is 0.515. The second-order valence-corrected chi connectivity index (χ2v) is 4.17. The van der Waals surface area contributed by atoms with Gasteiger partial charge in [-0.25, -0.2) is 0 Å². The lowest BCUT2D eigenvalue weighted by molar-refractivity contribution is -0.154. The molecular formula is C11H18O3. The van der Waals surface area contributed by atoms with E-state index >= 15 is 0 Å². The molecule has 0 unspecified atom stereocenters. The van der Waals surface area contributed by atoms with Crippen LogP contribution in [0.1, 0.15) is 46.0 Å². The molecule has 0 heterocycles. The van der Waals surface area contributed by atoms with Crippen LogP contribution in [0.25, 0.3) is 0 Å². The van der Waals surface area contributed by atoms with Crippen LogP contribution in [0.2, 0.25) is 0 Å². The number of rotatable bonds is 3. The smallest absolute Gasteiger partial charge is 0.313 e. The van der Waals surface area contributed by atoms with E-state index in [1.807, 2.05) is 0 Å². The molecule has 1 saturated carbocycles. The Bertz CT molecular complexity index is 223. The van der Waals surface area contributed by atoms with Crippen LogP contribution in [0.15, 0.2) is 0 Å². The molecule has 0 spiro atoms. The first-order chi connectivity index (χ1) is 6.59. The van der Waals surface area contributed by atoms with Crippen LogP contribution >= 0.6 is 0 Å². The van der Waals surface area contributed by atoms with Gasteiger partial charge in [0.2, 0.25) is 0 Å². The van der Waals surface area contributed by atoms with Crippen molar-refractivity contribution in [2.75, 3.05) is 0 Å². The highest BCUT2D eigenvalue weighted by atomic mass is 16.5. The van der Waals surface area contributed by atoms with E-state index in [1.54, 1.807) is 0 Å². The van der Waals surface area contributed by atoms with Crippen LogP contribution in [0, 0.1) is 5.92 Å². The largest absolute Gasteiger partial charge is 0.462 e. The number of ketones is 1. The molecular weight excluding hydrogens is 180 g/mol. The van der Waals surface area contributed by atoms with Crippen molar-refractivity contribution in [3.63, 3.8) is 0 Å². The van der Waals surface area contributed by atoms with E-state index in [0.717, 1.165) is 19.3 Å². The van der Waals surface area contributed by atoms with Gasteiger partial charge in [0.05, 0.1) is 0 Å². The normalized spacial score (nSPS) is 27.0. The standard InChI is InChI=1S/C11H18O3/c1-8-5-3-4-6-10(8)14-11(13)7-9(2)12/h8,10H,3-7H2,1-2H3/t8-,10+/m1/s1. The summed E-state index contributed by atoms with van der Waals surface area (Å²) >= 11 is 0. The Morgan fingerprint density at radius 2 is 1.93 bits per heavy atom. The summed E-state index contributed by atoms with van der Waals surface area (Å²) < 4.78 is 5.25. The Hall–Kier alpha value is -0.860. The molecule has 80 valence electrons. The fourth-order valence-electron chi connectivity index (χ4n) is 1.87. The third-order valence-corrected chi connectivity index (χ3v) is 2.71. The summed E-state index contributed by atoms with van der Waals surface area (Å²) in [5, 5.41) is 0. The minimum atomic E-state index is -0.365. The van der Waals surface area contributed by atoms with Gasteiger partial charge in [0, 0.05) is 0 Å². The summed E-state index contributed by atoms with van der Waals surface area (Å²) in [7, 11) is 0. The topological polar surface area (TPSA) is 43.4 Å². The van der Waals surface area contributed by atoms with Gasteiger partial charge in [0.15, 0.2) is 0 Å². The summed E-state index contributed by atoms with van der Waals surface area (Å²) in [5.74, 6) is -0.0469. The SMILES string of the molecule is CC(=O)CC(=O)O[C@H]1CCCC[C@H]1C. The van der Waals surface area contributed by atoms with Gasteiger partial charge < -0.3 is 4.74 Å². The van der Waals surface area contributed by atoms with Crippen molar-refractivity contribution in [1.29, 1.82) is 0 Å². The molecule has 14 heavy (non-hydrogen) atoms. The van der Waals surface area contributed by atoms with Crippen molar-refractivity contribution >= 4 is 11.8 Å². The fourth-order valence-corrected chi connectivity index (χ4v) is 1.87. The number of Topliss-reactive ketones (excluding diaryl/α,β-unsaturated/α-hetero) is 1. The van der Waals surface area contributed by atoms with Gasteiger partial charge in [-0.2, -0.15) is 0 Å². The molecule has 0 bridgehead atoms. The number of hydrogen-bond acceptors (Lipinski definition) is 3. The van der Waals surface area contributed by atoms with Gasteiger partial charge in [-0.15, -0.1) is 0 Å². The lowest BCUT2D eigenvalue weighted by Crippen LogP contribution is -2.28. The van der Waals surface area contributed by atoms with E-state index in [-0.39, 0.29) is 24.3 Å². The zero-order chi connectivity index (χ0) is 10.6. The Kier molecular flexibility index (Phi) is 4.11. The summed E-state index contributed by atoms with van der Waals surface area (Å²) in [4.78, 5) is 21.9. The summed E-state index contributed by atoms with van der Waals surface area (Å²) in [6.45, 7) is 3.51. The van der Waals surface area contributed by atoms with Crippen molar-refractivity contribution in [3.05, 3.63) is 0 Å². The van der Waals surface area contributed by atoms with E-state index < -0.39 is 0 Å². The van der Waals surface area contributed by atoms with Gasteiger partial charge in [0.1, 0.15) is 18.3 Å². The minimum absolute atomic E-state index is 0.0376. The van der Waals surface area contributed by atoms with Gasteiger partial charge in [-0.3, -0.25) is 9.59 Å². The summed E-state index contributed by atoms with van der Waals surface area (Å²) in [6.07, 6.45) is 4.38. The maximum atomic E-state index is 11.2. The second-order valence-electron chi connectivity index (χ2n) is 4.17. The monoisotopic (exact) mass is 198 g/mol. The van der Waals surface area contributed by atoms with Crippen molar-refractivity contribution in [2.45, 2.75) is 52.1 Å². The van der Waals surface area contributed by atoms with Crippen LogP contribution in [0.5, 0.6) is 0 Å². The van der Waals surface area contributed by atoms with Crippen molar-refractivity contribution < 1.29 is 14.3 Å². The molecule has 3 nitrogen and oxygen atoms in total. The van der Waals surface area contributed by atoms with E-state index in [2.05, 4.69) is 6.92 Å². The Balaban J connectivity index is 2.34. The molecule has 2 atom stereocenters. The first kappa shape index (κ1) is 11.2. The lowest BCUT2D eigenvalue weighted by atomic mass is 9.88. The molecule has 0 aromatic carbocycles. The molecule has 1 fully saturated rings. The third kappa shape index (κ3) is 3.48. The molecule has 1 aliphatic rings. The lowest BCUT2D eigenvalue weighted by Gasteiger charge is -2.28. The second kappa shape index (κ2) is 5.13. The maximum Gasteiger partial charge on any atom is 0.313 e. The average Bonchev–Trinajstić information content (AvgIpc) is 2.07. The molecule has 3 heteroatoms. The Labute approximate surface area is 84.8 Å². The van der Waals surface area contributed by atoms with Gasteiger partial charge in [-0.1, -0.05) is 13.3 Å². The molecule has 0 N–H and O–H groups in total. The fraction of sp³-hybridized carbons (Fsp3) is 0.818. The highest BCUT2D eigenvalue weighted by Gasteiger charge is 2.24. The highest BCUT2D eigenvalue weighted by molar-refractivity contribution is 5.94. The van der Waals surface area contributed by atoms with Gasteiger partial charge >= 0.3 is 5.97 Å².